The minimum absolute atomic E-state index is 0.0349. The van der Waals surface area contributed by atoms with Crippen molar-refractivity contribution in [2.45, 2.75) is 80.6 Å². The number of aliphatic hydroxyl groups is 1. The molecule has 6 aliphatic rings. The van der Waals surface area contributed by atoms with Gasteiger partial charge in [-0.1, -0.05) is 6.07 Å². The van der Waals surface area contributed by atoms with Crippen molar-refractivity contribution in [3.8, 4) is 11.5 Å². The fourth-order valence-corrected chi connectivity index (χ4v) is 7.90. The summed E-state index contributed by atoms with van der Waals surface area (Å²) in [6, 6.07) is 4.46. The molecule has 2 N–H and O–H groups in total. The molecule has 1 aromatic carbocycles. The number of phenols is 1. The Labute approximate surface area is 172 Å². The van der Waals surface area contributed by atoms with Gasteiger partial charge in [0, 0.05) is 24.2 Å². The number of likely N-dealkylation sites (tertiary alicyclic amines) is 2. The molecule has 0 unspecified atom stereocenters. The molecule has 2 saturated carbocycles. The van der Waals surface area contributed by atoms with E-state index in [1.165, 1.54) is 31.2 Å². The fourth-order valence-electron chi connectivity index (χ4n) is 7.90. The Hall–Kier alpha value is -1.30. The van der Waals surface area contributed by atoms with Crippen LogP contribution in [0.3, 0.4) is 0 Å². The Morgan fingerprint density at radius 2 is 1.90 bits per heavy atom. The number of hydrogen-bond acceptors (Lipinski definition) is 5. The third kappa shape index (κ3) is 2.07. The lowest BCUT2D eigenvalue weighted by Gasteiger charge is -2.64. The summed E-state index contributed by atoms with van der Waals surface area (Å²) in [4.78, 5) is 5.23. The average molecular weight is 397 g/mol. The molecule has 3 aliphatic carbocycles. The summed E-state index contributed by atoms with van der Waals surface area (Å²) in [6.45, 7) is 4.48. The Morgan fingerprint density at radius 3 is 2.69 bits per heavy atom. The van der Waals surface area contributed by atoms with Gasteiger partial charge >= 0.3 is 0 Å². The first kappa shape index (κ1) is 17.4. The van der Waals surface area contributed by atoms with E-state index in [1.807, 2.05) is 6.07 Å². The van der Waals surface area contributed by atoms with Crippen LogP contribution in [0.25, 0.3) is 0 Å². The van der Waals surface area contributed by atoms with Gasteiger partial charge in [-0.3, -0.25) is 9.80 Å². The molecule has 7 rings (SSSR count). The molecule has 1 spiro atoms. The van der Waals surface area contributed by atoms with Crippen LogP contribution in [0.2, 0.25) is 0 Å². The second kappa shape index (κ2) is 5.68. The van der Waals surface area contributed by atoms with Crippen LogP contribution < -0.4 is 4.74 Å². The van der Waals surface area contributed by atoms with Gasteiger partial charge in [0.1, 0.15) is 6.10 Å². The van der Waals surface area contributed by atoms with Crippen molar-refractivity contribution in [2.75, 3.05) is 26.2 Å². The van der Waals surface area contributed by atoms with E-state index in [1.54, 1.807) is 0 Å². The molecule has 3 aliphatic heterocycles. The zero-order valence-electron chi connectivity index (χ0n) is 17.1. The third-order valence-electron chi connectivity index (χ3n) is 9.34. The maximum Gasteiger partial charge on any atom is 0.165 e. The SMILES string of the molecule is Oc1ccc2c3c1O[C@@H]1[C@H](N4CCCC4)CC[C@@]4(O)[C@@H](C2)N(CC2CC2)CC[C@]314. The van der Waals surface area contributed by atoms with Crippen LogP contribution >= 0.6 is 0 Å². The Morgan fingerprint density at radius 1 is 1.07 bits per heavy atom. The van der Waals surface area contributed by atoms with Crippen LogP contribution in [0.1, 0.15) is 56.1 Å². The zero-order valence-corrected chi connectivity index (χ0v) is 17.1. The number of benzene rings is 1. The number of aromatic hydroxyl groups is 1. The summed E-state index contributed by atoms with van der Waals surface area (Å²) in [5, 5.41) is 23.1. The Kier molecular flexibility index (Phi) is 3.41. The van der Waals surface area contributed by atoms with Crippen molar-refractivity contribution in [1.82, 2.24) is 9.80 Å². The molecule has 4 fully saturated rings. The molecule has 2 bridgehead atoms. The topological polar surface area (TPSA) is 56.2 Å². The first-order valence-electron chi connectivity index (χ1n) is 11.8. The van der Waals surface area contributed by atoms with Crippen molar-refractivity contribution in [1.29, 1.82) is 0 Å². The molecule has 1 aromatic rings. The highest BCUT2D eigenvalue weighted by molar-refractivity contribution is 5.62. The van der Waals surface area contributed by atoms with Gasteiger partial charge in [0.05, 0.1) is 11.0 Å². The molecule has 0 aromatic heterocycles. The second-order valence-corrected chi connectivity index (χ2v) is 10.6. The van der Waals surface area contributed by atoms with Crippen LogP contribution in [0.5, 0.6) is 11.5 Å². The molecule has 5 heteroatoms. The van der Waals surface area contributed by atoms with Crippen molar-refractivity contribution in [3.63, 3.8) is 0 Å². The van der Waals surface area contributed by atoms with Gasteiger partial charge in [-0.2, -0.15) is 0 Å². The van der Waals surface area contributed by atoms with E-state index in [2.05, 4.69) is 15.9 Å². The number of hydrogen-bond donors (Lipinski definition) is 2. The van der Waals surface area contributed by atoms with E-state index >= 15 is 0 Å². The number of piperidine rings is 1. The third-order valence-corrected chi connectivity index (χ3v) is 9.34. The number of ether oxygens (including phenoxy) is 1. The van der Waals surface area contributed by atoms with Gasteiger partial charge in [-0.25, -0.2) is 0 Å². The summed E-state index contributed by atoms with van der Waals surface area (Å²) in [5.74, 6) is 1.78. The standard InChI is InChI=1S/C24H32N2O3/c27-18-6-5-16-13-19-24(28)8-7-17(25-10-1-2-11-25)22-23(24,20(16)21(18)29-22)9-12-26(19)14-15-3-4-15/h5-6,15,17,19,22,27-28H,1-4,7-14H2/t17-,19-,22-,23+,24-/m1/s1. The minimum Gasteiger partial charge on any atom is -0.504 e. The van der Waals surface area contributed by atoms with Crippen LogP contribution in [0.4, 0.5) is 0 Å². The van der Waals surface area contributed by atoms with Crippen LogP contribution in [-0.4, -0.2) is 70.0 Å². The molecule has 0 radical (unpaired) electrons. The lowest BCUT2D eigenvalue weighted by molar-refractivity contribution is -0.199. The number of phenolic OH excluding ortho intramolecular Hbond substituents is 1. The van der Waals surface area contributed by atoms with E-state index in [0.717, 1.165) is 63.3 Å². The summed E-state index contributed by atoms with van der Waals surface area (Å²) in [7, 11) is 0. The van der Waals surface area contributed by atoms with E-state index in [0.29, 0.717) is 11.8 Å². The van der Waals surface area contributed by atoms with Gasteiger partial charge < -0.3 is 14.9 Å². The zero-order chi connectivity index (χ0) is 19.4. The van der Waals surface area contributed by atoms with Crippen LogP contribution in [0.15, 0.2) is 12.1 Å². The van der Waals surface area contributed by atoms with E-state index in [9.17, 15) is 10.2 Å². The molecule has 5 atom stereocenters. The van der Waals surface area contributed by atoms with Crippen molar-refractivity contribution in [2.24, 2.45) is 5.92 Å². The first-order chi connectivity index (χ1) is 14.1. The molecular formula is C24H32N2O3. The largest absolute Gasteiger partial charge is 0.504 e. The monoisotopic (exact) mass is 396 g/mol. The summed E-state index contributed by atoms with van der Waals surface area (Å²) < 4.78 is 6.66. The Balaban J connectivity index is 1.39. The molecular weight excluding hydrogens is 364 g/mol. The minimum atomic E-state index is -0.743. The summed E-state index contributed by atoms with van der Waals surface area (Å²) in [5.41, 5.74) is 1.37. The molecule has 29 heavy (non-hydrogen) atoms. The van der Waals surface area contributed by atoms with E-state index in [4.69, 9.17) is 4.74 Å². The summed E-state index contributed by atoms with van der Waals surface area (Å²) >= 11 is 0. The van der Waals surface area contributed by atoms with Crippen LogP contribution in [-0.2, 0) is 11.8 Å². The smallest absolute Gasteiger partial charge is 0.165 e. The normalized spacial score (nSPS) is 43.3. The average Bonchev–Trinajstić information content (AvgIpc) is 3.22. The second-order valence-electron chi connectivity index (χ2n) is 10.6. The van der Waals surface area contributed by atoms with Gasteiger partial charge in [-0.15, -0.1) is 0 Å². The van der Waals surface area contributed by atoms with Crippen molar-refractivity contribution < 1.29 is 14.9 Å². The number of rotatable bonds is 3. The molecule has 2 saturated heterocycles. The molecule has 0 amide bonds. The fraction of sp³-hybridized carbons (Fsp3) is 0.750. The molecule has 5 nitrogen and oxygen atoms in total. The van der Waals surface area contributed by atoms with E-state index < -0.39 is 5.60 Å². The van der Waals surface area contributed by atoms with Crippen LogP contribution in [0, 0.1) is 5.92 Å². The van der Waals surface area contributed by atoms with Gasteiger partial charge in [-0.05, 0) is 88.5 Å². The lowest BCUT2D eigenvalue weighted by Crippen LogP contribution is -2.78. The number of nitrogens with zero attached hydrogens (tertiary/aromatic N) is 2. The van der Waals surface area contributed by atoms with Crippen molar-refractivity contribution in [3.05, 3.63) is 23.3 Å². The predicted octanol–water partition coefficient (Wildman–Crippen LogP) is 2.42. The first-order valence-corrected chi connectivity index (χ1v) is 11.8. The van der Waals surface area contributed by atoms with E-state index in [-0.39, 0.29) is 23.3 Å². The quantitative estimate of drug-likeness (QED) is 0.822. The van der Waals surface area contributed by atoms with Gasteiger partial charge in [0.2, 0.25) is 0 Å². The highest BCUT2D eigenvalue weighted by Gasteiger charge is 2.73. The Bertz CT molecular complexity index is 864. The lowest BCUT2D eigenvalue weighted by atomic mass is 9.48. The maximum atomic E-state index is 12.4. The summed E-state index contributed by atoms with van der Waals surface area (Å²) in [6.07, 6.45) is 8.89. The highest BCUT2D eigenvalue weighted by atomic mass is 16.5. The van der Waals surface area contributed by atoms with Crippen molar-refractivity contribution >= 4 is 0 Å². The van der Waals surface area contributed by atoms with Gasteiger partial charge in [0.15, 0.2) is 11.5 Å². The van der Waals surface area contributed by atoms with Gasteiger partial charge in [0.25, 0.3) is 0 Å². The highest BCUT2D eigenvalue weighted by Crippen LogP contribution is 2.66. The maximum absolute atomic E-state index is 12.4. The molecule has 156 valence electrons. The molecule has 3 heterocycles. The predicted molar refractivity (Wildman–Crippen MR) is 109 cm³/mol.